The largest absolute Gasteiger partial charge is 0.413 e. The number of carbonyl (C=O) groups excluding carboxylic acids is 2. The maximum Gasteiger partial charge on any atom is 0.413 e. The number of aryl methyl sites for hydroxylation is 1. The molecule has 9 nitrogen and oxygen atoms in total. The fraction of sp³-hybridized carbons (Fsp3) is 0.500. The highest BCUT2D eigenvalue weighted by molar-refractivity contribution is 7.18. The summed E-state index contributed by atoms with van der Waals surface area (Å²) >= 11 is 1.46. The number of nitrogens with one attached hydrogen (secondary N) is 1. The molecule has 3 aromatic rings. The van der Waals surface area contributed by atoms with Crippen LogP contribution in [0, 0.1) is 12.8 Å². The second-order valence-corrected chi connectivity index (χ2v) is 11.4. The number of piperidine rings is 1. The summed E-state index contributed by atoms with van der Waals surface area (Å²) < 4.78 is 48.5. The lowest BCUT2D eigenvalue weighted by Gasteiger charge is -2.36. The third-order valence-corrected chi connectivity index (χ3v) is 8.27. The van der Waals surface area contributed by atoms with Gasteiger partial charge >= 0.3 is 6.18 Å². The number of ether oxygens (including phenoxy) is 1. The zero-order valence-corrected chi connectivity index (χ0v) is 24.3. The van der Waals surface area contributed by atoms with Gasteiger partial charge < -0.3 is 25.0 Å². The summed E-state index contributed by atoms with van der Waals surface area (Å²) in [5, 5.41) is 13.6. The van der Waals surface area contributed by atoms with Crippen molar-refractivity contribution in [2.75, 3.05) is 32.6 Å². The van der Waals surface area contributed by atoms with Gasteiger partial charge in [0, 0.05) is 44.4 Å². The van der Waals surface area contributed by atoms with Crippen molar-refractivity contribution in [3.05, 3.63) is 46.6 Å². The summed E-state index contributed by atoms with van der Waals surface area (Å²) in [5.41, 5.74) is 2.60. The minimum Gasteiger partial charge on any atom is -0.384 e. The number of methoxy groups -OCH3 is 1. The average Bonchev–Trinajstić information content (AvgIpc) is 3.32. The number of hydrogen-bond acceptors (Lipinski definition) is 8. The van der Waals surface area contributed by atoms with E-state index in [1.165, 1.54) is 47.4 Å². The van der Waals surface area contributed by atoms with Gasteiger partial charge in [0.25, 0.3) is 5.91 Å². The van der Waals surface area contributed by atoms with Crippen LogP contribution >= 0.6 is 11.3 Å². The molecule has 1 aliphatic rings. The molecule has 3 heterocycles. The molecule has 222 valence electrons. The van der Waals surface area contributed by atoms with Gasteiger partial charge in [0.15, 0.2) is 6.04 Å². The summed E-state index contributed by atoms with van der Waals surface area (Å²) in [6.45, 7) is 5.54. The number of aromatic nitrogens is 2. The molecule has 0 radical (unpaired) electrons. The molecule has 13 heteroatoms. The second-order valence-electron chi connectivity index (χ2n) is 10.3. The van der Waals surface area contributed by atoms with E-state index in [-0.39, 0.29) is 37.6 Å². The number of likely N-dealkylation sites (tertiary alicyclic amines) is 1. The molecular weight excluding hydrogens is 559 g/mol. The molecule has 0 aliphatic carbocycles. The average molecular weight is 594 g/mol. The highest BCUT2D eigenvalue weighted by atomic mass is 32.1. The number of aliphatic hydroxyl groups excluding tert-OH is 1. The molecule has 1 aromatic carbocycles. The third kappa shape index (κ3) is 6.62. The van der Waals surface area contributed by atoms with E-state index in [9.17, 15) is 27.9 Å². The van der Waals surface area contributed by atoms with Crippen molar-refractivity contribution in [1.29, 1.82) is 0 Å². The first-order valence-corrected chi connectivity index (χ1v) is 14.1. The Balaban J connectivity index is 1.53. The number of hydrogen-bond donors (Lipinski definition) is 2. The number of benzene rings is 1. The van der Waals surface area contributed by atoms with E-state index in [0.29, 0.717) is 16.9 Å². The zero-order chi connectivity index (χ0) is 30.1. The predicted octanol–water partition coefficient (Wildman–Crippen LogP) is 5.13. The van der Waals surface area contributed by atoms with Crippen LogP contribution in [0.5, 0.6) is 0 Å². The van der Waals surface area contributed by atoms with E-state index in [4.69, 9.17) is 4.74 Å². The molecule has 0 unspecified atom stereocenters. The quantitative estimate of drug-likeness (QED) is 0.373. The maximum absolute atomic E-state index is 14.3. The Morgan fingerprint density at radius 2 is 1.83 bits per heavy atom. The number of rotatable bonds is 8. The number of fused-ring (bicyclic) bond motifs is 1. The van der Waals surface area contributed by atoms with Gasteiger partial charge in [-0.2, -0.15) is 13.2 Å². The lowest BCUT2D eigenvalue weighted by Crippen LogP contribution is -2.48. The van der Waals surface area contributed by atoms with Gasteiger partial charge in [0.2, 0.25) is 5.91 Å². The minimum atomic E-state index is -4.71. The molecule has 4 rings (SSSR count). The topological polar surface area (TPSA) is 108 Å². The number of amides is 2. The van der Waals surface area contributed by atoms with Gasteiger partial charge in [-0.1, -0.05) is 23.5 Å². The third-order valence-electron chi connectivity index (χ3n) is 7.40. The number of pyridine rings is 1. The molecule has 1 saturated heterocycles. The number of halogens is 3. The van der Waals surface area contributed by atoms with Crippen molar-refractivity contribution >= 4 is 44.9 Å². The number of thiazole rings is 1. The Kier molecular flexibility index (Phi) is 9.19. The lowest BCUT2D eigenvalue weighted by atomic mass is 9.93. The van der Waals surface area contributed by atoms with Crippen LogP contribution in [0.15, 0.2) is 30.5 Å². The summed E-state index contributed by atoms with van der Waals surface area (Å²) in [6, 6.07) is 3.63. The standard InChI is InChI=1S/C28H34F3N5O4S/c1-15(37)26(38)36-12-10-19(11-13-36)27(39)35(4)24(28(29,30)31)18-6-8-20(9-7-18)34-21-14-32-25-23(33-17(3)41-25)22(21)16(2)40-5/h6-9,14-16,19,24,34,37H,10-13H2,1-5H3/t15-,16-,24-/m0/s1. The smallest absolute Gasteiger partial charge is 0.384 e. The Morgan fingerprint density at radius 1 is 1.20 bits per heavy atom. The van der Waals surface area contributed by atoms with Crippen LogP contribution in [-0.4, -0.2) is 76.2 Å². The van der Waals surface area contributed by atoms with Crippen LogP contribution in [0.1, 0.15) is 55.0 Å². The molecule has 3 atom stereocenters. The lowest BCUT2D eigenvalue weighted by molar-refractivity contribution is -0.191. The molecule has 1 aliphatic heterocycles. The Bertz CT molecular complexity index is 1390. The van der Waals surface area contributed by atoms with E-state index in [1.54, 1.807) is 13.3 Å². The van der Waals surface area contributed by atoms with Gasteiger partial charge in [-0.25, -0.2) is 9.97 Å². The van der Waals surface area contributed by atoms with E-state index in [2.05, 4.69) is 15.3 Å². The summed E-state index contributed by atoms with van der Waals surface area (Å²) in [7, 11) is 2.75. The van der Waals surface area contributed by atoms with Gasteiger partial charge in [0.1, 0.15) is 16.5 Å². The Labute approximate surface area is 240 Å². The summed E-state index contributed by atoms with van der Waals surface area (Å²) in [4.78, 5) is 37.2. The van der Waals surface area contributed by atoms with E-state index in [1.807, 2.05) is 13.8 Å². The van der Waals surface area contributed by atoms with Crippen molar-refractivity contribution in [3.8, 4) is 0 Å². The van der Waals surface area contributed by atoms with Crippen molar-refractivity contribution in [2.45, 2.75) is 58.0 Å². The number of alkyl halides is 3. The Hall–Kier alpha value is -3.29. The molecule has 0 saturated carbocycles. The van der Waals surface area contributed by atoms with Gasteiger partial charge in [-0.05, 0) is 51.3 Å². The number of anilines is 2. The van der Waals surface area contributed by atoms with Gasteiger partial charge in [0.05, 0.1) is 23.0 Å². The fourth-order valence-electron chi connectivity index (χ4n) is 5.19. The number of nitrogens with zero attached hydrogens (tertiary/aromatic N) is 4. The molecule has 2 N–H and O–H groups in total. The van der Waals surface area contributed by atoms with Crippen LogP contribution in [0.25, 0.3) is 10.3 Å². The van der Waals surface area contributed by atoms with Gasteiger partial charge in [-0.15, -0.1) is 0 Å². The van der Waals surface area contributed by atoms with Crippen LogP contribution in [0.3, 0.4) is 0 Å². The summed E-state index contributed by atoms with van der Waals surface area (Å²) in [6.07, 6.45) is -4.06. The second kappa shape index (κ2) is 12.3. The molecule has 1 fully saturated rings. The first kappa shape index (κ1) is 30.7. The monoisotopic (exact) mass is 593 g/mol. The molecule has 2 amide bonds. The SMILES string of the molecule is CO[C@@H](C)c1c(Nc2ccc([C@H](N(C)C(=O)C3CCN(C(=O)[C@H](C)O)CC3)C(F)(F)F)cc2)cnc2sc(C)nc12. The maximum atomic E-state index is 14.3. The van der Waals surface area contributed by atoms with Crippen LogP contribution < -0.4 is 5.32 Å². The first-order valence-electron chi connectivity index (χ1n) is 13.3. The molecule has 41 heavy (non-hydrogen) atoms. The van der Waals surface area contributed by atoms with Crippen LogP contribution in [0.2, 0.25) is 0 Å². The van der Waals surface area contributed by atoms with E-state index < -0.39 is 36.1 Å². The van der Waals surface area contributed by atoms with Crippen molar-refractivity contribution in [3.63, 3.8) is 0 Å². The van der Waals surface area contributed by atoms with E-state index in [0.717, 1.165) is 27.3 Å². The van der Waals surface area contributed by atoms with Crippen LogP contribution in [0.4, 0.5) is 24.5 Å². The molecule has 0 bridgehead atoms. The summed E-state index contributed by atoms with van der Waals surface area (Å²) in [5.74, 6) is -1.73. The Morgan fingerprint density at radius 3 is 2.39 bits per heavy atom. The van der Waals surface area contributed by atoms with Crippen LogP contribution in [-0.2, 0) is 14.3 Å². The predicted molar refractivity (Wildman–Crippen MR) is 150 cm³/mol. The fourth-order valence-corrected chi connectivity index (χ4v) is 5.97. The number of aliphatic hydroxyl groups is 1. The highest BCUT2D eigenvalue weighted by Crippen LogP contribution is 2.40. The number of carbonyl (C=O) groups is 2. The van der Waals surface area contributed by atoms with Crippen molar-refractivity contribution in [1.82, 2.24) is 19.8 Å². The molecule has 0 spiro atoms. The van der Waals surface area contributed by atoms with Gasteiger partial charge in [-0.3, -0.25) is 9.59 Å². The molecule has 2 aromatic heterocycles. The van der Waals surface area contributed by atoms with Crippen molar-refractivity contribution in [2.24, 2.45) is 5.92 Å². The van der Waals surface area contributed by atoms with Crippen molar-refractivity contribution < 1.29 is 32.6 Å². The molecular formula is C28H34F3N5O4S. The minimum absolute atomic E-state index is 0.0743. The van der Waals surface area contributed by atoms with E-state index >= 15 is 0 Å². The normalized spacial score (nSPS) is 16.9. The first-order chi connectivity index (χ1) is 19.3. The highest BCUT2D eigenvalue weighted by Gasteiger charge is 2.46. The zero-order valence-electron chi connectivity index (χ0n) is 23.5.